The van der Waals surface area contributed by atoms with Crippen molar-refractivity contribution >= 4 is 16.6 Å². The van der Waals surface area contributed by atoms with Gasteiger partial charge in [-0.15, -0.1) is 0 Å². The third kappa shape index (κ3) is 2.72. The zero-order chi connectivity index (χ0) is 13.8. The Morgan fingerprint density at radius 3 is 2.75 bits per heavy atom. The lowest BCUT2D eigenvalue weighted by Crippen LogP contribution is -2.02. The molecule has 0 saturated heterocycles. The van der Waals surface area contributed by atoms with Crippen LogP contribution >= 0.6 is 0 Å². The summed E-state index contributed by atoms with van der Waals surface area (Å²) < 4.78 is 5.90. The Kier molecular flexibility index (Phi) is 3.50. The first-order valence-electron chi connectivity index (χ1n) is 6.64. The Labute approximate surface area is 118 Å². The van der Waals surface area contributed by atoms with Crippen molar-refractivity contribution in [1.29, 1.82) is 0 Å². The minimum atomic E-state index is 0.549. The highest BCUT2D eigenvalue weighted by Crippen LogP contribution is 2.25. The Balaban J connectivity index is 1.71. The number of ether oxygens (including phenoxy) is 1. The van der Waals surface area contributed by atoms with Crippen molar-refractivity contribution in [1.82, 2.24) is 4.98 Å². The summed E-state index contributed by atoms with van der Waals surface area (Å²) in [5.74, 6) is 1.47. The number of fused-ring (bicyclic) bond motifs is 1. The molecule has 0 amide bonds. The topological polar surface area (TPSA) is 48.1 Å². The fourth-order valence-corrected chi connectivity index (χ4v) is 2.25. The van der Waals surface area contributed by atoms with Crippen LogP contribution in [0.3, 0.4) is 0 Å². The predicted molar refractivity (Wildman–Crippen MR) is 81.8 cm³/mol. The van der Waals surface area contributed by atoms with E-state index in [1.54, 1.807) is 6.20 Å². The van der Waals surface area contributed by atoms with Gasteiger partial charge >= 0.3 is 0 Å². The number of nitrogen functional groups attached to an aromatic ring is 1. The van der Waals surface area contributed by atoms with Gasteiger partial charge in [0.2, 0.25) is 0 Å². The summed E-state index contributed by atoms with van der Waals surface area (Å²) in [5, 5.41) is 2.34. The SMILES string of the molecule is Nc1cc(CCOc2cccc3ccccc23)ccn1. The Morgan fingerprint density at radius 2 is 1.85 bits per heavy atom. The van der Waals surface area contributed by atoms with Crippen molar-refractivity contribution in [3.8, 4) is 5.75 Å². The molecule has 0 unspecified atom stereocenters. The zero-order valence-electron chi connectivity index (χ0n) is 11.1. The molecule has 2 N–H and O–H groups in total. The standard InChI is InChI=1S/C17H16N2O/c18-17-12-13(8-10-19-17)9-11-20-16-7-3-5-14-4-1-2-6-15(14)16/h1-8,10,12H,9,11H2,(H2,18,19). The van der Waals surface area contributed by atoms with Crippen LogP contribution in [-0.2, 0) is 6.42 Å². The average Bonchev–Trinajstić information content (AvgIpc) is 2.48. The number of anilines is 1. The number of hydrogen-bond donors (Lipinski definition) is 1. The molecule has 0 fully saturated rings. The molecule has 0 aliphatic rings. The molecule has 0 aliphatic heterocycles. The van der Waals surface area contributed by atoms with Crippen LogP contribution in [0.4, 0.5) is 5.82 Å². The molecule has 0 bridgehead atoms. The fourth-order valence-electron chi connectivity index (χ4n) is 2.25. The van der Waals surface area contributed by atoms with Gasteiger partial charge < -0.3 is 10.5 Å². The number of benzene rings is 2. The average molecular weight is 264 g/mol. The molecule has 1 aromatic heterocycles. The van der Waals surface area contributed by atoms with Gasteiger partial charge in [-0.25, -0.2) is 4.98 Å². The molecule has 3 rings (SSSR count). The van der Waals surface area contributed by atoms with Crippen molar-refractivity contribution in [2.24, 2.45) is 0 Å². The van der Waals surface area contributed by atoms with E-state index < -0.39 is 0 Å². The molecule has 3 heteroatoms. The molecule has 2 aromatic carbocycles. The van der Waals surface area contributed by atoms with Crippen molar-refractivity contribution in [2.75, 3.05) is 12.3 Å². The first kappa shape index (κ1) is 12.5. The summed E-state index contributed by atoms with van der Waals surface area (Å²) in [7, 11) is 0. The van der Waals surface area contributed by atoms with E-state index in [-0.39, 0.29) is 0 Å². The van der Waals surface area contributed by atoms with E-state index in [1.807, 2.05) is 36.4 Å². The molecule has 20 heavy (non-hydrogen) atoms. The maximum absolute atomic E-state index is 5.90. The highest BCUT2D eigenvalue weighted by Gasteiger charge is 2.01. The second kappa shape index (κ2) is 5.61. The van der Waals surface area contributed by atoms with Crippen molar-refractivity contribution < 1.29 is 4.74 Å². The van der Waals surface area contributed by atoms with Crippen LogP contribution in [0, 0.1) is 0 Å². The summed E-state index contributed by atoms with van der Waals surface area (Å²) in [4.78, 5) is 3.98. The Hall–Kier alpha value is -2.55. The van der Waals surface area contributed by atoms with Crippen molar-refractivity contribution in [3.63, 3.8) is 0 Å². The summed E-state index contributed by atoms with van der Waals surface area (Å²) in [6.45, 7) is 0.622. The minimum Gasteiger partial charge on any atom is -0.493 e. The number of pyridine rings is 1. The summed E-state index contributed by atoms with van der Waals surface area (Å²) in [6, 6.07) is 18.2. The van der Waals surface area contributed by atoms with Gasteiger partial charge in [0.25, 0.3) is 0 Å². The Morgan fingerprint density at radius 1 is 1.00 bits per heavy atom. The first-order chi connectivity index (χ1) is 9.83. The van der Waals surface area contributed by atoms with E-state index in [1.165, 1.54) is 5.39 Å². The molecule has 0 saturated carbocycles. The van der Waals surface area contributed by atoms with E-state index in [0.29, 0.717) is 12.4 Å². The molecule has 100 valence electrons. The van der Waals surface area contributed by atoms with Gasteiger partial charge in [-0.3, -0.25) is 0 Å². The molecule has 0 atom stereocenters. The minimum absolute atomic E-state index is 0.549. The zero-order valence-corrected chi connectivity index (χ0v) is 11.1. The first-order valence-corrected chi connectivity index (χ1v) is 6.64. The van der Waals surface area contributed by atoms with Crippen LogP contribution in [-0.4, -0.2) is 11.6 Å². The smallest absolute Gasteiger partial charge is 0.127 e. The maximum atomic E-state index is 5.90. The second-order valence-electron chi connectivity index (χ2n) is 4.66. The quantitative estimate of drug-likeness (QED) is 0.785. The van der Waals surface area contributed by atoms with E-state index in [2.05, 4.69) is 23.2 Å². The number of hydrogen-bond acceptors (Lipinski definition) is 3. The summed E-state index contributed by atoms with van der Waals surface area (Å²) >= 11 is 0. The highest BCUT2D eigenvalue weighted by atomic mass is 16.5. The van der Waals surface area contributed by atoms with E-state index in [9.17, 15) is 0 Å². The van der Waals surface area contributed by atoms with Gasteiger partial charge in [0, 0.05) is 18.0 Å². The van der Waals surface area contributed by atoms with Crippen LogP contribution in [0.25, 0.3) is 10.8 Å². The largest absolute Gasteiger partial charge is 0.493 e. The van der Waals surface area contributed by atoms with Gasteiger partial charge in [-0.1, -0.05) is 36.4 Å². The van der Waals surface area contributed by atoms with Crippen molar-refractivity contribution in [3.05, 3.63) is 66.4 Å². The lowest BCUT2D eigenvalue weighted by Gasteiger charge is -2.09. The summed E-state index contributed by atoms with van der Waals surface area (Å²) in [5.41, 5.74) is 6.80. The fraction of sp³-hybridized carbons (Fsp3) is 0.118. The third-order valence-corrected chi connectivity index (χ3v) is 3.24. The van der Waals surface area contributed by atoms with Gasteiger partial charge in [0.05, 0.1) is 6.61 Å². The molecular formula is C17H16N2O. The van der Waals surface area contributed by atoms with Crippen LogP contribution in [0.15, 0.2) is 60.8 Å². The van der Waals surface area contributed by atoms with Gasteiger partial charge in [0.15, 0.2) is 0 Å². The molecule has 0 spiro atoms. The molecule has 0 radical (unpaired) electrons. The molecule has 3 nitrogen and oxygen atoms in total. The van der Waals surface area contributed by atoms with Gasteiger partial charge in [-0.05, 0) is 29.1 Å². The van der Waals surface area contributed by atoms with Gasteiger partial charge in [0.1, 0.15) is 11.6 Å². The normalized spacial score (nSPS) is 10.6. The predicted octanol–water partition coefficient (Wildman–Crippen LogP) is 3.44. The van der Waals surface area contributed by atoms with E-state index in [0.717, 1.165) is 23.1 Å². The van der Waals surface area contributed by atoms with E-state index in [4.69, 9.17) is 10.5 Å². The monoisotopic (exact) mass is 264 g/mol. The van der Waals surface area contributed by atoms with Crippen LogP contribution < -0.4 is 10.5 Å². The van der Waals surface area contributed by atoms with Crippen LogP contribution in [0.2, 0.25) is 0 Å². The number of rotatable bonds is 4. The maximum Gasteiger partial charge on any atom is 0.127 e. The molecule has 1 heterocycles. The number of nitrogens with two attached hydrogens (primary N) is 1. The third-order valence-electron chi connectivity index (χ3n) is 3.24. The molecule has 0 aliphatic carbocycles. The lowest BCUT2D eigenvalue weighted by atomic mass is 10.1. The van der Waals surface area contributed by atoms with E-state index >= 15 is 0 Å². The number of nitrogens with zero attached hydrogens (tertiary/aromatic N) is 1. The number of aromatic nitrogens is 1. The summed E-state index contributed by atoms with van der Waals surface area (Å²) in [6.07, 6.45) is 2.54. The second-order valence-corrected chi connectivity index (χ2v) is 4.66. The molecular weight excluding hydrogens is 248 g/mol. The van der Waals surface area contributed by atoms with Crippen LogP contribution in [0.1, 0.15) is 5.56 Å². The Bertz CT molecular complexity index is 720. The molecule has 3 aromatic rings. The lowest BCUT2D eigenvalue weighted by molar-refractivity contribution is 0.326. The van der Waals surface area contributed by atoms with Crippen LogP contribution in [0.5, 0.6) is 5.75 Å². The highest BCUT2D eigenvalue weighted by molar-refractivity contribution is 5.88. The van der Waals surface area contributed by atoms with Crippen molar-refractivity contribution in [2.45, 2.75) is 6.42 Å². The van der Waals surface area contributed by atoms with Gasteiger partial charge in [-0.2, -0.15) is 0 Å².